The topological polar surface area (TPSA) is 15.6 Å². The van der Waals surface area contributed by atoms with Gasteiger partial charge >= 0.3 is 0 Å². The van der Waals surface area contributed by atoms with E-state index in [-0.39, 0.29) is 0 Å². The van der Waals surface area contributed by atoms with Crippen LogP contribution >= 0.6 is 11.8 Å². The van der Waals surface area contributed by atoms with Crippen LogP contribution in [0.3, 0.4) is 0 Å². The molecule has 0 fully saturated rings. The molecule has 3 heteroatoms. The lowest BCUT2D eigenvalue weighted by Crippen LogP contribution is -2.28. The van der Waals surface area contributed by atoms with Crippen LogP contribution in [0.5, 0.6) is 0 Å². The number of amidine groups is 1. The van der Waals surface area contributed by atoms with Gasteiger partial charge in [0.1, 0.15) is 0 Å². The SMILES string of the molecule is CC(C)CN=C1Sc2ccccc2CN1C. The van der Waals surface area contributed by atoms with Gasteiger partial charge in [0.25, 0.3) is 0 Å². The van der Waals surface area contributed by atoms with E-state index >= 15 is 0 Å². The molecule has 2 nitrogen and oxygen atoms in total. The molecule has 1 aliphatic rings. The summed E-state index contributed by atoms with van der Waals surface area (Å²) in [4.78, 5) is 8.25. The fraction of sp³-hybridized carbons (Fsp3) is 0.462. The second-order valence-corrected chi connectivity index (χ2v) is 5.59. The first-order valence-electron chi connectivity index (χ1n) is 5.68. The molecule has 0 bridgehead atoms. The van der Waals surface area contributed by atoms with Crippen LogP contribution in [0.4, 0.5) is 0 Å². The van der Waals surface area contributed by atoms with Gasteiger partial charge in [-0.1, -0.05) is 43.8 Å². The summed E-state index contributed by atoms with van der Waals surface area (Å²) < 4.78 is 0. The van der Waals surface area contributed by atoms with Crippen molar-refractivity contribution >= 4 is 16.9 Å². The Morgan fingerprint density at radius 1 is 1.38 bits per heavy atom. The van der Waals surface area contributed by atoms with Gasteiger partial charge in [0.05, 0.1) is 0 Å². The first-order chi connectivity index (χ1) is 7.66. The molecule has 0 unspecified atom stereocenters. The molecule has 0 aliphatic carbocycles. The van der Waals surface area contributed by atoms with Crippen LogP contribution in [0, 0.1) is 5.92 Å². The Kier molecular flexibility index (Phi) is 3.54. The molecule has 1 aliphatic heterocycles. The van der Waals surface area contributed by atoms with Crippen LogP contribution in [0.1, 0.15) is 19.4 Å². The molecule has 0 radical (unpaired) electrons. The van der Waals surface area contributed by atoms with E-state index in [2.05, 4.69) is 55.1 Å². The third-order valence-electron chi connectivity index (χ3n) is 2.50. The number of aliphatic imine (C=N–C) groups is 1. The molecule has 86 valence electrons. The van der Waals surface area contributed by atoms with E-state index in [4.69, 9.17) is 0 Å². The molecule has 0 spiro atoms. The summed E-state index contributed by atoms with van der Waals surface area (Å²) in [5, 5.41) is 1.15. The summed E-state index contributed by atoms with van der Waals surface area (Å²) in [5.74, 6) is 0.624. The normalized spacial score (nSPS) is 18.0. The highest BCUT2D eigenvalue weighted by molar-refractivity contribution is 8.13. The van der Waals surface area contributed by atoms with Crippen molar-refractivity contribution in [2.45, 2.75) is 25.3 Å². The second-order valence-electron chi connectivity index (χ2n) is 4.58. The molecule has 0 atom stereocenters. The predicted octanol–water partition coefficient (Wildman–Crippen LogP) is 3.24. The Hall–Kier alpha value is -0.960. The minimum atomic E-state index is 0.624. The van der Waals surface area contributed by atoms with Crippen LogP contribution in [0.15, 0.2) is 34.2 Å². The number of rotatable bonds is 2. The zero-order valence-corrected chi connectivity index (χ0v) is 10.9. The average molecular weight is 234 g/mol. The van der Waals surface area contributed by atoms with Gasteiger partial charge < -0.3 is 4.90 Å². The number of nitrogens with zero attached hydrogens (tertiary/aromatic N) is 2. The maximum Gasteiger partial charge on any atom is 0.164 e. The van der Waals surface area contributed by atoms with E-state index in [0.29, 0.717) is 5.92 Å². The molecule has 1 aromatic rings. The summed E-state index contributed by atoms with van der Waals surface area (Å²) in [7, 11) is 2.11. The Morgan fingerprint density at radius 3 is 2.88 bits per heavy atom. The zero-order valence-electron chi connectivity index (χ0n) is 10.1. The summed E-state index contributed by atoms with van der Waals surface area (Å²) in [5.41, 5.74) is 1.40. The van der Waals surface area contributed by atoms with E-state index in [1.807, 2.05) is 0 Å². The molecular formula is C13H18N2S. The van der Waals surface area contributed by atoms with Crippen molar-refractivity contribution in [3.63, 3.8) is 0 Å². The molecule has 0 saturated heterocycles. The Labute approximate surface area is 102 Å². The Morgan fingerprint density at radius 2 is 2.12 bits per heavy atom. The lowest BCUT2D eigenvalue weighted by Gasteiger charge is -2.27. The monoisotopic (exact) mass is 234 g/mol. The third kappa shape index (κ3) is 2.59. The van der Waals surface area contributed by atoms with Gasteiger partial charge in [-0.25, -0.2) is 0 Å². The van der Waals surface area contributed by atoms with Crippen molar-refractivity contribution in [3.05, 3.63) is 29.8 Å². The summed E-state index contributed by atoms with van der Waals surface area (Å²) in [6.45, 7) is 6.28. The van der Waals surface area contributed by atoms with E-state index < -0.39 is 0 Å². The lowest BCUT2D eigenvalue weighted by molar-refractivity contribution is 0.496. The third-order valence-corrected chi connectivity index (χ3v) is 3.74. The molecule has 0 N–H and O–H groups in total. The number of thioether (sulfide) groups is 1. The van der Waals surface area contributed by atoms with Gasteiger partial charge in [-0.3, -0.25) is 4.99 Å². The molecular weight excluding hydrogens is 216 g/mol. The first-order valence-corrected chi connectivity index (χ1v) is 6.50. The highest BCUT2D eigenvalue weighted by Crippen LogP contribution is 2.31. The van der Waals surface area contributed by atoms with E-state index in [0.717, 1.165) is 18.3 Å². The van der Waals surface area contributed by atoms with Gasteiger partial charge in [0, 0.05) is 25.0 Å². The average Bonchev–Trinajstić information content (AvgIpc) is 2.26. The Balaban J connectivity index is 2.18. The minimum Gasteiger partial charge on any atom is -0.350 e. The molecule has 16 heavy (non-hydrogen) atoms. The van der Waals surface area contributed by atoms with Crippen LogP contribution in [-0.2, 0) is 6.54 Å². The van der Waals surface area contributed by atoms with Crippen molar-refractivity contribution in [2.24, 2.45) is 10.9 Å². The summed E-state index contributed by atoms with van der Waals surface area (Å²) in [6, 6.07) is 8.57. The fourth-order valence-electron chi connectivity index (χ4n) is 1.65. The van der Waals surface area contributed by atoms with Gasteiger partial charge in [-0.2, -0.15) is 0 Å². The summed E-state index contributed by atoms with van der Waals surface area (Å²) >= 11 is 1.78. The smallest absolute Gasteiger partial charge is 0.164 e. The quantitative estimate of drug-likeness (QED) is 0.780. The van der Waals surface area contributed by atoms with Gasteiger partial charge in [0.15, 0.2) is 5.17 Å². The number of fused-ring (bicyclic) bond motifs is 1. The van der Waals surface area contributed by atoms with Crippen LogP contribution < -0.4 is 0 Å². The standard InChI is InChI=1S/C13H18N2S/c1-10(2)8-14-13-15(3)9-11-6-4-5-7-12(11)16-13/h4-7,10H,8-9H2,1-3H3. The molecule has 2 rings (SSSR count). The molecule has 1 aromatic carbocycles. The molecule has 0 amide bonds. The van der Waals surface area contributed by atoms with E-state index in [1.165, 1.54) is 10.5 Å². The van der Waals surface area contributed by atoms with Crippen LogP contribution in [0.25, 0.3) is 0 Å². The summed E-state index contributed by atoms with van der Waals surface area (Å²) in [6.07, 6.45) is 0. The van der Waals surface area contributed by atoms with Crippen molar-refractivity contribution in [1.82, 2.24) is 4.90 Å². The Bertz CT molecular complexity index is 399. The van der Waals surface area contributed by atoms with E-state index in [9.17, 15) is 0 Å². The molecule has 0 aromatic heterocycles. The van der Waals surface area contributed by atoms with Gasteiger partial charge in [-0.05, 0) is 17.5 Å². The maximum absolute atomic E-state index is 4.67. The van der Waals surface area contributed by atoms with Crippen molar-refractivity contribution in [2.75, 3.05) is 13.6 Å². The first kappa shape index (κ1) is 11.5. The largest absolute Gasteiger partial charge is 0.350 e. The maximum atomic E-state index is 4.67. The highest BCUT2D eigenvalue weighted by atomic mass is 32.2. The van der Waals surface area contributed by atoms with Crippen molar-refractivity contribution in [3.8, 4) is 0 Å². The molecule has 0 saturated carbocycles. The molecule has 1 heterocycles. The lowest BCUT2D eigenvalue weighted by atomic mass is 10.2. The number of benzene rings is 1. The number of hydrogen-bond donors (Lipinski definition) is 0. The van der Waals surface area contributed by atoms with Gasteiger partial charge in [-0.15, -0.1) is 0 Å². The second kappa shape index (κ2) is 4.91. The number of hydrogen-bond acceptors (Lipinski definition) is 2. The van der Waals surface area contributed by atoms with Crippen LogP contribution in [-0.4, -0.2) is 23.7 Å². The van der Waals surface area contributed by atoms with E-state index in [1.54, 1.807) is 11.8 Å². The van der Waals surface area contributed by atoms with Gasteiger partial charge in [0.2, 0.25) is 0 Å². The van der Waals surface area contributed by atoms with Crippen LogP contribution in [0.2, 0.25) is 0 Å². The van der Waals surface area contributed by atoms with Crippen molar-refractivity contribution < 1.29 is 0 Å². The highest BCUT2D eigenvalue weighted by Gasteiger charge is 2.18. The zero-order chi connectivity index (χ0) is 11.5. The van der Waals surface area contributed by atoms with Crippen molar-refractivity contribution in [1.29, 1.82) is 0 Å². The minimum absolute atomic E-state index is 0.624. The predicted molar refractivity (Wildman–Crippen MR) is 70.9 cm³/mol. The fourth-order valence-corrected chi connectivity index (χ4v) is 2.61.